The first-order chi connectivity index (χ1) is 11.6. The Kier molecular flexibility index (Phi) is 4.83. The zero-order chi connectivity index (χ0) is 17.1. The van der Waals surface area contributed by atoms with E-state index in [0.29, 0.717) is 38.2 Å². The fourth-order valence-corrected chi connectivity index (χ4v) is 3.45. The number of ether oxygens (including phenoxy) is 1. The third kappa shape index (κ3) is 3.27. The number of benzene rings is 1. The predicted octanol–water partition coefficient (Wildman–Crippen LogP) is 1.91. The van der Waals surface area contributed by atoms with Gasteiger partial charge in [0.1, 0.15) is 0 Å². The monoisotopic (exact) mass is 330 g/mol. The standard InChI is InChI=1S/C18H22N2O4/c1-2-24-18(23)12-7-9-20(10-8-12)17(22)14-11-16(21)19-15-6-4-3-5-13(14)15/h3-6,12,14H,2,7-11H2,1H3,(H,19,21). The van der Waals surface area contributed by atoms with Crippen LogP contribution in [0, 0.1) is 5.92 Å². The second-order valence-electron chi connectivity index (χ2n) is 6.24. The second-order valence-corrected chi connectivity index (χ2v) is 6.24. The first kappa shape index (κ1) is 16.5. The lowest BCUT2D eigenvalue weighted by molar-refractivity contribution is -0.151. The summed E-state index contributed by atoms with van der Waals surface area (Å²) in [5.74, 6) is -0.898. The smallest absolute Gasteiger partial charge is 0.309 e. The van der Waals surface area contributed by atoms with Gasteiger partial charge in [-0.3, -0.25) is 14.4 Å². The molecule has 2 amide bonds. The van der Waals surface area contributed by atoms with Gasteiger partial charge in [0.25, 0.3) is 0 Å². The summed E-state index contributed by atoms with van der Waals surface area (Å²) < 4.78 is 5.06. The Bertz CT molecular complexity index is 650. The second kappa shape index (κ2) is 7.03. The Labute approximate surface area is 141 Å². The van der Waals surface area contributed by atoms with E-state index in [2.05, 4.69) is 5.32 Å². The molecular formula is C18H22N2O4. The molecule has 0 bridgehead atoms. The van der Waals surface area contributed by atoms with Crippen molar-refractivity contribution in [3.63, 3.8) is 0 Å². The summed E-state index contributed by atoms with van der Waals surface area (Å²) in [5.41, 5.74) is 1.59. The van der Waals surface area contributed by atoms with E-state index < -0.39 is 5.92 Å². The maximum absolute atomic E-state index is 12.9. The number of nitrogens with one attached hydrogen (secondary N) is 1. The lowest BCUT2D eigenvalue weighted by atomic mass is 9.88. The molecular weight excluding hydrogens is 308 g/mol. The molecule has 1 unspecified atom stereocenters. The van der Waals surface area contributed by atoms with Crippen LogP contribution < -0.4 is 5.32 Å². The molecule has 1 aromatic carbocycles. The lowest BCUT2D eigenvalue weighted by Gasteiger charge is -2.35. The quantitative estimate of drug-likeness (QED) is 0.859. The summed E-state index contributed by atoms with van der Waals surface area (Å²) in [6, 6.07) is 7.43. The number of esters is 1. The van der Waals surface area contributed by atoms with E-state index in [0.717, 1.165) is 5.56 Å². The number of nitrogens with zero attached hydrogens (tertiary/aromatic N) is 1. The molecule has 6 heteroatoms. The number of carbonyl (C=O) groups is 3. The Morgan fingerprint density at radius 1 is 1.25 bits per heavy atom. The zero-order valence-electron chi connectivity index (χ0n) is 13.8. The molecule has 1 N–H and O–H groups in total. The van der Waals surface area contributed by atoms with E-state index in [1.165, 1.54) is 0 Å². The van der Waals surface area contributed by atoms with Crippen LogP contribution in [0.3, 0.4) is 0 Å². The van der Waals surface area contributed by atoms with Crippen molar-refractivity contribution in [2.45, 2.75) is 32.1 Å². The van der Waals surface area contributed by atoms with Gasteiger partial charge in [0.15, 0.2) is 0 Å². The Hall–Kier alpha value is -2.37. The molecule has 128 valence electrons. The van der Waals surface area contributed by atoms with E-state index in [9.17, 15) is 14.4 Å². The molecule has 3 rings (SSSR count). The van der Waals surface area contributed by atoms with Crippen LogP contribution in [0.5, 0.6) is 0 Å². The molecule has 24 heavy (non-hydrogen) atoms. The average molecular weight is 330 g/mol. The first-order valence-electron chi connectivity index (χ1n) is 8.44. The van der Waals surface area contributed by atoms with E-state index >= 15 is 0 Å². The minimum absolute atomic E-state index is 0.0281. The highest BCUT2D eigenvalue weighted by molar-refractivity contribution is 6.01. The third-order valence-corrected chi connectivity index (χ3v) is 4.72. The molecule has 2 aliphatic heterocycles. The zero-order valence-corrected chi connectivity index (χ0v) is 13.8. The lowest BCUT2D eigenvalue weighted by Crippen LogP contribution is -2.44. The van der Waals surface area contributed by atoms with Crippen molar-refractivity contribution in [2.75, 3.05) is 25.0 Å². The minimum atomic E-state index is -0.436. The fourth-order valence-electron chi connectivity index (χ4n) is 3.45. The van der Waals surface area contributed by atoms with Crippen LogP contribution in [0.1, 0.15) is 37.7 Å². The fraction of sp³-hybridized carbons (Fsp3) is 0.500. The van der Waals surface area contributed by atoms with Crippen molar-refractivity contribution in [3.8, 4) is 0 Å². The molecule has 0 aromatic heterocycles. The van der Waals surface area contributed by atoms with Gasteiger partial charge < -0.3 is 15.0 Å². The van der Waals surface area contributed by atoms with Gasteiger partial charge >= 0.3 is 5.97 Å². The van der Waals surface area contributed by atoms with Gasteiger partial charge in [-0.05, 0) is 31.4 Å². The van der Waals surface area contributed by atoms with Gasteiger partial charge in [0.05, 0.1) is 18.4 Å². The van der Waals surface area contributed by atoms with Crippen molar-refractivity contribution in [2.24, 2.45) is 5.92 Å². The number of amides is 2. The molecule has 0 radical (unpaired) electrons. The van der Waals surface area contributed by atoms with Gasteiger partial charge in [0.2, 0.25) is 11.8 Å². The van der Waals surface area contributed by atoms with Gasteiger partial charge in [-0.15, -0.1) is 0 Å². The summed E-state index contributed by atoms with van der Waals surface area (Å²) in [5, 5.41) is 2.81. The number of anilines is 1. The van der Waals surface area contributed by atoms with Crippen LogP contribution in [0.2, 0.25) is 0 Å². The van der Waals surface area contributed by atoms with Crippen LogP contribution in [0.4, 0.5) is 5.69 Å². The Morgan fingerprint density at radius 2 is 1.96 bits per heavy atom. The molecule has 1 saturated heterocycles. The number of rotatable bonds is 3. The van der Waals surface area contributed by atoms with Crippen LogP contribution >= 0.6 is 0 Å². The molecule has 2 aliphatic rings. The highest BCUT2D eigenvalue weighted by atomic mass is 16.5. The predicted molar refractivity (Wildman–Crippen MR) is 88.4 cm³/mol. The molecule has 0 spiro atoms. The van der Waals surface area contributed by atoms with Crippen molar-refractivity contribution >= 4 is 23.5 Å². The highest BCUT2D eigenvalue weighted by Gasteiger charge is 2.35. The number of piperidine rings is 1. The van der Waals surface area contributed by atoms with E-state index in [4.69, 9.17) is 4.74 Å². The number of hydrogen-bond donors (Lipinski definition) is 1. The first-order valence-corrected chi connectivity index (χ1v) is 8.44. The third-order valence-electron chi connectivity index (χ3n) is 4.72. The summed E-state index contributed by atoms with van der Waals surface area (Å²) in [4.78, 5) is 38.4. The molecule has 6 nitrogen and oxygen atoms in total. The van der Waals surface area contributed by atoms with Crippen molar-refractivity contribution in [3.05, 3.63) is 29.8 Å². The molecule has 2 heterocycles. The SMILES string of the molecule is CCOC(=O)C1CCN(C(=O)C2CC(=O)Nc3ccccc32)CC1. The largest absolute Gasteiger partial charge is 0.466 e. The maximum atomic E-state index is 12.9. The van der Waals surface area contributed by atoms with Gasteiger partial charge in [-0.1, -0.05) is 18.2 Å². The normalized spacial score (nSPS) is 21.0. The average Bonchev–Trinajstić information content (AvgIpc) is 2.60. The highest BCUT2D eigenvalue weighted by Crippen LogP contribution is 2.34. The van der Waals surface area contributed by atoms with E-state index in [1.54, 1.807) is 11.8 Å². The molecule has 0 aliphatic carbocycles. The van der Waals surface area contributed by atoms with Crippen LogP contribution in [0.25, 0.3) is 0 Å². The van der Waals surface area contributed by atoms with E-state index in [-0.39, 0.29) is 30.1 Å². The van der Waals surface area contributed by atoms with Crippen LogP contribution in [-0.2, 0) is 19.1 Å². The summed E-state index contributed by atoms with van der Waals surface area (Å²) >= 11 is 0. The van der Waals surface area contributed by atoms with Crippen molar-refractivity contribution in [1.29, 1.82) is 0 Å². The van der Waals surface area contributed by atoms with Gasteiger partial charge in [0, 0.05) is 25.2 Å². The molecule has 1 aromatic rings. The maximum Gasteiger partial charge on any atom is 0.309 e. The Morgan fingerprint density at radius 3 is 2.67 bits per heavy atom. The topological polar surface area (TPSA) is 75.7 Å². The number of para-hydroxylation sites is 1. The van der Waals surface area contributed by atoms with Crippen LogP contribution in [-0.4, -0.2) is 42.4 Å². The van der Waals surface area contributed by atoms with Gasteiger partial charge in [-0.25, -0.2) is 0 Å². The Balaban J connectivity index is 1.68. The summed E-state index contributed by atoms with van der Waals surface area (Å²) in [6.07, 6.45) is 1.41. The van der Waals surface area contributed by atoms with Crippen LogP contribution in [0.15, 0.2) is 24.3 Å². The van der Waals surface area contributed by atoms with E-state index in [1.807, 2.05) is 24.3 Å². The molecule has 1 atom stereocenters. The minimum Gasteiger partial charge on any atom is -0.466 e. The molecule has 1 fully saturated rings. The molecule has 0 saturated carbocycles. The summed E-state index contributed by atoms with van der Waals surface area (Å²) in [7, 11) is 0. The number of likely N-dealkylation sites (tertiary alicyclic amines) is 1. The number of carbonyl (C=O) groups excluding carboxylic acids is 3. The van der Waals surface area contributed by atoms with Crippen molar-refractivity contribution in [1.82, 2.24) is 4.90 Å². The van der Waals surface area contributed by atoms with Crippen molar-refractivity contribution < 1.29 is 19.1 Å². The number of fused-ring (bicyclic) bond motifs is 1. The van der Waals surface area contributed by atoms with Gasteiger partial charge in [-0.2, -0.15) is 0 Å². The number of hydrogen-bond acceptors (Lipinski definition) is 4. The summed E-state index contributed by atoms with van der Waals surface area (Å²) in [6.45, 7) is 3.24.